The normalized spacial score (nSPS) is 29.1. The first kappa shape index (κ1) is 43.0. The van der Waals surface area contributed by atoms with Gasteiger partial charge in [-0.2, -0.15) is 0 Å². The molecule has 0 N–H and O–H groups in total. The zero-order valence-corrected chi connectivity index (χ0v) is 26.4. The predicted octanol–water partition coefficient (Wildman–Crippen LogP) is -11.7. The summed E-state index contributed by atoms with van der Waals surface area (Å²) in [6.07, 6.45) is -23.6. The molecule has 1 aliphatic carbocycles. The highest BCUT2D eigenvalue weighted by molar-refractivity contribution is 7.59. The van der Waals surface area contributed by atoms with Crippen molar-refractivity contribution in [3.8, 4) is 0 Å². The van der Waals surface area contributed by atoms with Gasteiger partial charge in [-0.1, -0.05) is 0 Å². The van der Waals surface area contributed by atoms with Crippen LogP contribution in [0.2, 0.25) is 0 Å². The van der Waals surface area contributed by atoms with Gasteiger partial charge in [0.15, 0.2) is 0 Å². The lowest BCUT2D eigenvalue weighted by Gasteiger charge is -2.56. The molecule has 0 heterocycles. The second-order valence-corrected chi connectivity index (χ2v) is 16.9. The molecule has 8 atom stereocenters. The predicted molar refractivity (Wildman–Crippen MR) is 92.3 cm³/mol. The van der Waals surface area contributed by atoms with Crippen LogP contribution >= 0.6 is 62.6 Å². The van der Waals surface area contributed by atoms with E-state index in [0.717, 1.165) is 0 Å². The van der Waals surface area contributed by atoms with Crippen molar-refractivity contribution in [2.45, 2.75) is 36.6 Å². The summed E-state index contributed by atoms with van der Waals surface area (Å²) in [6, 6.07) is 0. The summed E-state index contributed by atoms with van der Waals surface area (Å²) in [6.45, 7) is 0. The van der Waals surface area contributed by atoms with Crippen molar-refractivity contribution in [3.63, 3.8) is 0 Å². The fourth-order valence-electron chi connectivity index (χ4n) is 3.02. The van der Waals surface area contributed by atoms with Gasteiger partial charge in [-0.3, -0.25) is 17.8 Å². The van der Waals surface area contributed by atoms with E-state index in [9.17, 15) is 105 Å². The molecule has 0 radical (unpaired) electrons. The van der Waals surface area contributed by atoms with E-state index in [-0.39, 0.29) is 0 Å². The average Bonchev–Trinajstić information content (AvgIpc) is 2.62. The Hall–Kier alpha value is 0.960. The molecular weight excluding hydrogens is 800 g/mol. The van der Waals surface area contributed by atoms with Crippen molar-refractivity contribution in [1.82, 2.24) is 0 Å². The van der Waals surface area contributed by atoms with Gasteiger partial charge in [0.05, 0.1) is 46.9 Å². The lowest BCUT2D eigenvalue weighted by Crippen LogP contribution is -2.67. The summed E-state index contributed by atoms with van der Waals surface area (Å²) in [5, 5.41) is 0. The van der Waals surface area contributed by atoms with Crippen molar-refractivity contribution in [2.24, 2.45) is 0 Å². The van der Waals surface area contributed by atoms with Crippen LogP contribution in [0.25, 0.3) is 0 Å². The van der Waals surface area contributed by atoms with Gasteiger partial charge in [0.2, 0.25) is 0 Å². The molecule has 44 heavy (non-hydrogen) atoms. The molecule has 264 valence electrons. The van der Waals surface area contributed by atoms with Gasteiger partial charge < -0.3 is 123 Å². The molecule has 4 unspecified atom stereocenters. The molecule has 0 bridgehead atoms. The molecule has 0 aliphatic heterocycles. The third kappa shape index (κ3) is 16.9. The van der Waals surface area contributed by atoms with E-state index >= 15 is 0 Å². The highest BCUT2D eigenvalue weighted by atomic mass is 31.3. The lowest BCUT2D eigenvalue weighted by atomic mass is 9.85. The largest absolute Gasteiger partial charge is 0.790 e. The number of hydrogen-bond donors (Lipinski definition) is 0. The summed E-state index contributed by atoms with van der Waals surface area (Å²) in [5.74, 6) is 0. The van der Waals surface area contributed by atoms with Crippen molar-refractivity contribution in [2.75, 3.05) is 0 Å². The minimum absolute atomic E-state index is 2.89. The van der Waals surface area contributed by atoms with Crippen LogP contribution in [-0.4, -0.2) is 36.6 Å². The van der Waals surface area contributed by atoms with Crippen LogP contribution in [0.1, 0.15) is 0 Å². The Morgan fingerprint density at radius 2 is 0.432 bits per heavy atom. The zero-order chi connectivity index (χ0) is 35.1. The number of hydrogen-bond acceptors (Lipinski definition) is 30. The molecule has 1 rings (SSSR count). The van der Waals surface area contributed by atoms with E-state index < -0.39 is 99.2 Å². The maximum absolute atomic E-state index is 12.0. The van der Waals surface area contributed by atoms with E-state index in [1.165, 1.54) is 0 Å². The first-order chi connectivity index (χ1) is 19.0. The first-order valence-electron chi connectivity index (χ1n) is 9.26. The van der Waals surface area contributed by atoms with E-state index in [0.29, 0.717) is 0 Å². The quantitative estimate of drug-likeness (QED) is 0.131. The average molecular weight is 806 g/mol. The Bertz CT molecular complexity index is 1310. The third-order valence-corrected chi connectivity index (χ3v) is 10.1. The summed E-state index contributed by atoms with van der Waals surface area (Å²) in [4.78, 5) is 157. The van der Waals surface area contributed by atoms with Crippen LogP contribution in [-0.2, 0) is 72.3 Å². The SMILES string of the molecule is O=P([O-])([O-])OC1[C@@H](OP(=O)([O-])[O-])[C@H](OP(=O)([O-])OP(=O)([O-])[O-])C(OP(=O)([O-])[O-])[C@H](OP(=O)([O-])OP(=O)([O-])[O-])[C@@H]1OP(=O)([O-])[O-]. The number of phosphoric acid groups is 8. The van der Waals surface area contributed by atoms with Gasteiger partial charge in [0, 0.05) is 0 Å². The Balaban J connectivity index is 4.23. The molecule has 0 aromatic carbocycles. The number of rotatable bonds is 16. The van der Waals surface area contributed by atoms with Crippen molar-refractivity contribution >= 4 is 62.6 Å². The fraction of sp³-hybridized carbons (Fsp3) is 1.00. The molecule has 1 fully saturated rings. The highest BCUT2D eigenvalue weighted by Crippen LogP contribution is 2.58. The van der Waals surface area contributed by atoms with Gasteiger partial charge in [-0.25, -0.2) is 0 Å². The molecular formula is C6H6O30P8-14. The first-order valence-corrected chi connectivity index (χ1v) is 20.9. The van der Waals surface area contributed by atoms with Crippen LogP contribution in [0.3, 0.4) is 0 Å². The van der Waals surface area contributed by atoms with Crippen molar-refractivity contribution < 1.29 is 141 Å². The molecule has 30 nitrogen and oxygen atoms in total. The Morgan fingerprint density at radius 3 is 0.568 bits per heavy atom. The summed E-state index contributed by atoms with van der Waals surface area (Å²) < 4.78 is 118. The molecule has 0 amide bonds. The van der Waals surface area contributed by atoms with Crippen LogP contribution in [0.5, 0.6) is 0 Å². The minimum atomic E-state index is -7.10. The van der Waals surface area contributed by atoms with Gasteiger partial charge in [-0.15, -0.1) is 0 Å². The zero-order valence-electron chi connectivity index (χ0n) is 19.3. The molecule has 38 heteroatoms. The molecule has 0 spiro atoms. The van der Waals surface area contributed by atoms with E-state index in [4.69, 9.17) is 0 Å². The summed E-state index contributed by atoms with van der Waals surface area (Å²) in [7, 11) is -55.7. The molecule has 1 aliphatic rings. The van der Waals surface area contributed by atoms with Crippen LogP contribution in [0.4, 0.5) is 0 Å². The van der Waals surface area contributed by atoms with Crippen LogP contribution in [0.15, 0.2) is 0 Å². The highest BCUT2D eigenvalue weighted by Gasteiger charge is 2.58. The smallest absolute Gasteiger partial charge is 0.272 e. The van der Waals surface area contributed by atoms with E-state index in [1.54, 1.807) is 0 Å². The Labute approximate surface area is 240 Å². The topological polar surface area (TPSA) is 533 Å². The second-order valence-electron chi connectivity index (χ2n) is 7.16. The molecule has 0 aromatic rings. The molecule has 1 saturated carbocycles. The molecule has 0 saturated heterocycles. The number of phosphoric ester groups is 6. The third-order valence-electron chi connectivity index (χ3n) is 3.85. The maximum atomic E-state index is 12.0. The Morgan fingerprint density at radius 1 is 0.273 bits per heavy atom. The van der Waals surface area contributed by atoms with Crippen LogP contribution < -0.4 is 68.5 Å². The van der Waals surface area contributed by atoms with E-state index in [1.807, 2.05) is 0 Å². The monoisotopic (exact) mass is 806 g/mol. The lowest BCUT2D eigenvalue weighted by molar-refractivity contribution is -0.380. The van der Waals surface area contributed by atoms with Crippen molar-refractivity contribution in [3.05, 3.63) is 0 Å². The standard InChI is InChI=1S/C6H20O30P8/c7-37(8,9)29-1-2(30-38(10,11)12)5(33-43(25,26)35-41(19,20)21)4(32-40(16,17)18)6(3(1)31-39(13,14)15)34-44(27,28)36-42(22,23)24/h1-6H,(H,25,26)(H,27,28)(H2,7,8,9)(H2,10,11,12)(H2,13,14,15)(H2,16,17,18)(H2,19,20,21)(H2,22,23,24)/p-14/t1?,2-,3-,4?,5-,6+/m1/s1. The summed E-state index contributed by atoms with van der Waals surface area (Å²) >= 11 is 0. The Kier molecular flexibility index (Phi) is 14.1. The van der Waals surface area contributed by atoms with Gasteiger partial charge in [0.1, 0.15) is 36.6 Å². The summed E-state index contributed by atoms with van der Waals surface area (Å²) in [5.41, 5.74) is 0. The van der Waals surface area contributed by atoms with Gasteiger partial charge in [0.25, 0.3) is 15.6 Å². The van der Waals surface area contributed by atoms with Crippen LogP contribution in [0, 0.1) is 0 Å². The van der Waals surface area contributed by atoms with Gasteiger partial charge in [-0.05, 0) is 0 Å². The van der Waals surface area contributed by atoms with E-state index in [2.05, 4.69) is 35.8 Å². The minimum Gasteiger partial charge on any atom is -0.790 e. The maximum Gasteiger partial charge on any atom is 0.272 e. The van der Waals surface area contributed by atoms with Crippen molar-refractivity contribution in [1.29, 1.82) is 0 Å². The second kappa shape index (κ2) is 14.4. The molecule has 0 aromatic heterocycles. The fourth-order valence-corrected chi connectivity index (χ4v) is 8.52. The van der Waals surface area contributed by atoms with Gasteiger partial charge >= 0.3 is 0 Å².